The van der Waals surface area contributed by atoms with Gasteiger partial charge in [0, 0.05) is 6.54 Å². The number of likely N-dealkylation sites (tertiary alicyclic amines) is 1. The van der Waals surface area contributed by atoms with Gasteiger partial charge in [-0.05, 0) is 37.6 Å². The van der Waals surface area contributed by atoms with Gasteiger partial charge in [-0.2, -0.15) is 0 Å². The van der Waals surface area contributed by atoms with Crippen LogP contribution in [0.25, 0.3) is 0 Å². The molecule has 1 saturated heterocycles. The smallest absolute Gasteiger partial charge is 0.343 e. The van der Waals surface area contributed by atoms with Crippen molar-refractivity contribution in [2.24, 2.45) is 0 Å². The lowest BCUT2D eigenvalue weighted by Crippen LogP contribution is -2.64. The van der Waals surface area contributed by atoms with Gasteiger partial charge in [0.15, 0.2) is 0 Å². The quantitative estimate of drug-likeness (QED) is 0.676. The molecule has 21 heavy (non-hydrogen) atoms. The molecule has 1 amide bonds. The highest BCUT2D eigenvalue weighted by Gasteiger charge is 2.55. The average Bonchev–Trinajstić information content (AvgIpc) is 3.00. The van der Waals surface area contributed by atoms with E-state index in [-0.39, 0.29) is 19.6 Å². The van der Waals surface area contributed by atoms with Gasteiger partial charge in [-0.1, -0.05) is 6.07 Å². The molecule has 7 heteroatoms. The molecule has 0 unspecified atom stereocenters. The molecule has 0 saturated carbocycles. The summed E-state index contributed by atoms with van der Waals surface area (Å²) in [7, 11) is 0. The summed E-state index contributed by atoms with van der Waals surface area (Å²) in [6.45, 7) is 1.93. The number of esters is 1. The zero-order valence-corrected chi connectivity index (χ0v) is 12.5. The number of ether oxygens (including phenoxy) is 1. The number of carboxylic acid groups (broad SMARTS) is 1. The first-order valence-corrected chi connectivity index (χ1v) is 7.68. The lowest BCUT2D eigenvalue weighted by Gasteiger charge is -2.41. The number of carbonyl (C=O) groups is 3. The average molecular weight is 311 g/mol. The summed E-state index contributed by atoms with van der Waals surface area (Å²) in [6, 6.07) is 3.34. The third-order valence-electron chi connectivity index (χ3n) is 3.58. The molecular weight excluding hydrogens is 294 g/mol. The molecule has 1 atom stereocenters. The van der Waals surface area contributed by atoms with Crippen molar-refractivity contribution in [3.63, 3.8) is 0 Å². The van der Waals surface area contributed by atoms with E-state index in [4.69, 9.17) is 4.74 Å². The van der Waals surface area contributed by atoms with Crippen molar-refractivity contribution in [1.29, 1.82) is 0 Å². The number of thiophene rings is 1. The van der Waals surface area contributed by atoms with E-state index in [0.29, 0.717) is 17.7 Å². The van der Waals surface area contributed by atoms with Crippen LogP contribution >= 0.6 is 11.3 Å². The maximum Gasteiger partial charge on any atom is 0.343 e. The predicted octanol–water partition coefficient (Wildman–Crippen LogP) is 1.76. The zero-order chi connectivity index (χ0) is 15.5. The van der Waals surface area contributed by atoms with Crippen LogP contribution in [-0.4, -0.2) is 46.5 Å². The molecule has 6 nitrogen and oxygen atoms in total. The van der Waals surface area contributed by atoms with Crippen LogP contribution in [0.4, 0.5) is 0 Å². The van der Waals surface area contributed by atoms with Crippen LogP contribution in [0.3, 0.4) is 0 Å². The van der Waals surface area contributed by atoms with Crippen molar-refractivity contribution in [2.75, 3.05) is 13.2 Å². The van der Waals surface area contributed by atoms with Crippen molar-refractivity contribution in [1.82, 2.24) is 4.90 Å². The Bertz CT molecular complexity index is 542. The summed E-state index contributed by atoms with van der Waals surface area (Å²) in [5.74, 6) is -2.62. The van der Waals surface area contributed by atoms with Crippen LogP contribution in [0.2, 0.25) is 0 Å². The largest absolute Gasteiger partial charge is 0.479 e. The lowest BCUT2D eigenvalue weighted by molar-refractivity contribution is -0.172. The number of carboxylic acids is 1. The summed E-state index contributed by atoms with van der Waals surface area (Å²) < 4.78 is 4.93. The Morgan fingerprint density at radius 3 is 2.76 bits per heavy atom. The highest BCUT2D eigenvalue weighted by Crippen LogP contribution is 2.32. The monoisotopic (exact) mass is 311 g/mol. The molecule has 0 spiro atoms. The third kappa shape index (κ3) is 2.65. The van der Waals surface area contributed by atoms with Gasteiger partial charge in [-0.25, -0.2) is 9.59 Å². The number of amides is 1. The molecular formula is C14H17NO5S. The van der Waals surface area contributed by atoms with Gasteiger partial charge in [-0.15, -0.1) is 11.3 Å². The maximum atomic E-state index is 12.6. The summed E-state index contributed by atoms with van der Waals surface area (Å²) in [5.41, 5.74) is -1.91. The lowest BCUT2D eigenvalue weighted by atomic mass is 9.86. The van der Waals surface area contributed by atoms with Crippen LogP contribution in [0.15, 0.2) is 17.5 Å². The molecule has 0 bridgehead atoms. The van der Waals surface area contributed by atoms with Gasteiger partial charge >= 0.3 is 11.9 Å². The van der Waals surface area contributed by atoms with E-state index in [2.05, 4.69) is 0 Å². The first kappa shape index (κ1) is 15.5. The topological polar surface area (TPSA) is 83.9 Å². The third-order valence-corrected chi connectivity index (χ3v) is 4.43. The first-order valence-electron chi connectivity index (χ1n) is 6.80. The van der Waals surface area contributed by atoms with E-state index in [1.165, 1.54) is 11.3 Å². The minimum atomic E-state index is -1.91. The standard InChI is InChI=1S/C14H17NO5S/c1-2-20-13(19)14(12(17)18)7-3-4-8-15(14)11(16)10-6-5-9-21-10/h5-6,9H,2-4,7-8H2,1H3,(H,17,18)/t14-/m0/s1. The van der Waals surface area contributed by atoms with Gasteiger partial charge in [0.1, 0.15) is 0 Å². The predicted molar refractivity (Wildman–Crippen MR) is 76.2 cm³/mol. The van der Waals surface area contributed by atoms with Crippen molar-refractivity contribution < 1.29 is 24.2 Å². The fourth-order valence-corrected chi connectivity index (χ4v) is 3.23. The van der Waals surface area contributed by atoms with E-state index < -0.39 is 23.4 Å². The molecule has 1 aliphatic heterocycles. The Balaban J connectivity index is 2.41. The van der Waals surface area contributed by atoms with Crippen LogP contribution in [0, 0.1) is 0 Å². The van der Waals surface area contributed by atoms with Gasteiger partial charge in [0.05, 0.1) is 11.5 Å². The number of hydrogen-bond donors (Lipinski definition) is 1. The second-order valence-electron chi connectivity index (χ2n) is 4.78. The van der Waals surface area contributed by atoms with Crippen molar-refractivity contribution in [3.05, 3.63) is 22.4 Å². The van der Waals surface area contributed by atoms with Crippen LogP contribution in [0.1, 0.15) is 35.9 Å². The number of nitrogens with zero attached hydrogens (tertiary/aromatic N) is 1. The number of aliphatic carboxylic acids is 1. The molecule has 1 N–H and O–H groups in total. The minimum Gasteiger partial charge on any atom is -0.479 e. The molecule has 1 aromatic rings. The van der Waals surface area contributed by atoms with E-state index in [0.717, 1.165) is 4.90 Å². The van der Waals surface area contributed by atoms with E-state index >= 15 is 0 Å². The fraction of sp³-hybridized carbons (Fsp3) is 0.500. The molecule has 0 radical (unpaired) electrons. The summed E-state index contributed by atoms with van der Waals surface area (Å²) >= 11 is 1.23. The Morgan fingerprint density at radius 2 is 2.19 bits per heavy atom. The summed E-state index contributed by atoms with van der Waals surface area (Å²) in [6.07, 6.45) is 1.32. The second-order valence-corrected chi connectivity index (χ2v) is 5.72. The Kier molecular flexibility index (Phi) is 4.62. The Labute approximate surface area is 126 Å². The number of carbonyl (C=O) groups excluding carboxylic acids is 2. The number of hydrogen-bond acceptors (Lipinski definition) is 5. The fourth-order valence-electron chi connectivity index (χ4n) is 2.56. The van der Waals surface area contributed by atoms with Crippen molar-refractivity contribution in [2.45, 2.75) is 31.7 Å². The van der Waals surface area contributed by atoms with E-state index in [1.807, 2.05) is 0 Å². The molecule has 2 rings (SSSR count). The van der Waals surface area contributed by atoms with Crippen molar-refractivity contribution in [3.8, 4) is 0 Å². The molecule has 0 aromatic carbocycles. The van der Waals surface area contributed by atoms with Gasteiger partial charge in [0.25, 0.3) is 5.91 Å². The van der Waals surface area contributed by atoms with Gasteiger partial charge < -0.3 is 14.7 Å². The first-order chi connectivity index (χ1) is 10.0. The van der Waals surface area contributed by atoms with E-state index in [9.17, 15) is 19.5 Å². The molecule has 1 fully saturated rings. The molecule has 1 aromatic heterocycles. The molecule has 114 valence electrons. The summed E-state index contributed by atoms with van der Waals surface area (Å²) in [4.78, 5) is 38.2. The maximum absolute atomic E-state index is 12.6. The van der Waals surface area contributed by atoms with Crippen molar-refractivity contribution >= 4 is 29.2 Å². The SMILES string of the molecule is CCOC(=O)[C@@]1(C(=O)O)CCCCN1C(=O)c1cccs1. The second kappa shape index (κ2) is 6.26. The Morgan fingerprint density at radius 1 is 1.43 bits per heavy atom. The minimum absolute atomic E-state index is 0.0783. The van der Waals surface area contributed by atoms with Gasteiger partial charge in [0.2, 0.25) is 5.54 Å². The highest BCUT2D eigenvalue weighted by atomic mass is 32.1. The molecule has 0 aliphatic carbocycles. The molecule has 1 aliphatic rings. The highest BCUT2D eigenvalue weighted by molar-refractivity contribution is 7.12. The molecule has 2 heterocycles. The summed E-state index contributed by atoms with van der Waals surface area (Å²) in [5, 5.41) is 11.4. The van der Waals surface area contributed by atoms with E-state index in [1.54, 1.807) is 24.4 Å². The van der Waals surface area contributed by atoms with Crippen LogP contribution in [0.5, 0.6) is 0 Å². The number of piperidine rings is 1. The number of rotatable bonds is 4. The Hall–Kier alpha value is -1.89. The van der Waals surface area contributed by atoms with Crippen LogP contribution in [-0.2, 0) is 14.3 Å². The zero-order valence-electron chi connectivity index (χ0n) is 11.7. The van der Waals surface area contributed by atoms with Gasteiger partial charge in [-0.3, -0.25) is 4.79 Å². The normalized spacial score (nSPS) is 21.9. The van der Waals surface area contributed by atoms with Crippen LogP contribution < -0.4 is 0 Å².